The minimum Gasteiger partial charge on any atom is -0.375 e. The van der Waals surface area contributed by atoms with Crippen molar-refractivity contribution in [2.75, 3.05) is 26.2 Å². The maximum Gasteiger partial charge on any atom is 0.251 e. The van der Waals surface area contributed by atoms with Crippen molar-refractivity contribution in [1.82, 2.24) is 10.2 Å². The zero-order valence-corrected chi connectivity index (χ0v) is 12.8. The number of nitrogens with zero attached hydrogens (tertiary/aromatic N) is 1. The Hall–Kier alpha value is -1.88. The Balaban J connectivity index is 1.88. The van der Waals surface area contributed by atoms with E-state index in [0.717, 1.165) is 11.1 Å². The number of benzene rings is 1. The Labute approximate surface area is 125 Å². The third-order valence-electron chi connectivity index (χ3n) is 3.76. The second-order valence-corrected chi connectivity index (χ2v) is 5.50. The normalized spacial score (nSPS) is 18.4. The van der Waals surface area contributed by atoms with Crippen LogP contribution < -0.4 is 5.32 Å². The van der Waals surface area contributed by atoms with Crippen LogP contribution in [0.25, 0.3) is 0 Å². The Kier molecular flexibility index (Phi) is 4.96. The predicted molar refractivity (Wildman–Crippen MR) is 80.2 cm³/mol. The van der Waals surface area contributed by atoms with Crippen molar-refractivity contribution < 1.29 is 14.3 Å². The monoisotopic (exact) mass is 290 g/mol. The highest BCUT2D eigenvalue weighted by atomic mass is 16.5. The highest BCUT2D eigenvalue weighted by Gasteiger charge is 2.21. The Bertz CT molecular complexity index is 542. The quantitative estimate of drug-likeness (QED) is 0.912. The van der Waals surface area contributed by atoms with Crippen LogP contribution in [0, 0.1) is 13.8 Å². The predicted octanol–water partition coefficient (Wildman–Crippen LogP) is 1.28. The molecule has 2 rings (SSSR count). The molecule has 5 nitrogen and oxygen atoms in total. The largest absolute Gasteiger partial charge is 0.375 e. The van der Waals surface area contributed by atoms with Crippen molar-refractivity contribution in [3.8, 4) is 0 Å². The summed E-state index contributed by atoms with van der Waals surface area (Å²) < 4.78 is 5.40. The zero-order valence-electron chi connectivity index (χ0n) is 12.8. The van der Waals surface area contributed by atoms with Gasteiger partial charge in [-0.3, -0.25) is 9.59 Å². The molecule has 1 saturated heterocycles. The van der Waals surface area contributed by atoms with Crippen LogP contribution in [0.2, 0.25) is 0 Å². The summed E-state index contributed by atoms with van der Waals surface area (Å²) in [6.45, 7) is 7.65. The molecule has 5 heteroatoms. The molecule has 0 aliphatic carbocycles. The molecule has 0 bridgehead atoms. The molecule has 114 valence electrons. The molecule has 1 N–H and O–H groups in total. The Morgan fingerprint density at radius 2 is 2.10 bits per heavy atom. The first kappa shape index (κ1) is 15.5. The van der Waals surface area contributed by atoms with Gasteiger partial charge in [-0.05, 0) is 44.0 Å². The summed E-state index contributed by atoms with van der Waals surface area (Å²) in [5, 5.41) is 2.69. The van der Waals surface area contributed by atoms with Crippen LogP contribution in [0.4, 0.5) is 0 Å². The van der Waals surface area contributed by atoms with Gasteiger partial charge >= 0.3 is 0 Å². The molecule has 1 heterocycles. The number of carbonyl (C=O) groups excluding carboxylic acids is 2. The molecule has 21 heavy (non-hydrogen) atoms. The first-order valence-electron chi connectivity index (χ1n) is 7.22. The van der Waals surface area contributed by atoms with E-state index in [1.165, 1.54) is 0 Å². The molecular formula is C16H22N2O3. The average molecular weight is 290 g/mol. The molecule has 2 amide bonds. The van der Waals surface area contributed by atoms with E-state index in [1.54, 1.807) is 11.0 Å². The van der Waals surface area contributed by atoms with E-state index in [-0.39, 0.29) is 24.5 Å². The number of nitrogens with one attached hydrogen (secondary N) is 1. The van der Waals surface area contributed by atoms with Crippen molar-refractivity contribution in [2.24, 2.45) is 0 Å². The van der Waals surface area contributed by atoms with Crippen LogP contribution in [0.15, 0.2) is 18.2 Å². The molecule has 0 unspecified atom stereocenters. The molecule has 1 atom stereocenters. The molecule has 1 aliphatic rings. The lowest BCUT2D eigenvalue weighted by Crippen LogP contribution is -2.48. The summed E-state index contributed by atoms with van der Waals surface area (Å²) in [4.78, 5) is 25.8. The molecular weight excluding hydrogens is 268 g/mol. The van der Waals surface area contributed by atoms with Gasteiger partial charge in [0.15, 0.2) is 0 Å². The maximum absolute atomic E-state index is 12.1. The number of amides is 2. The number of ether oxygens (including phenoxy) is 1. The van der Waals surface area contributed by atoms with Gasteiger partial charge < -0.3 is 15.0 Å². The summed E-state index contributed by atoms with van der Waals surface area (Å²) >= 11 is 0. The maximum atomic E-state index is 12.1. The van der Waals surface area contributed by atoms with Gasteiger partial charge in [-0.15, -0.1) is 0 Å². The number of carbonyl (C=O) groups is 2. The van der Waals surface area contributed by atoms with E-state index in [1.807, 2.05) is 32.9 Å². The molecule has 1 aromatic carbocycles. The van der Waals surface area contributed by atoms with Crippen molar-refractivity contribution >= 4 is 11.8 Å². The van der Waals surface area contributed by atoms with E-state index in [2.05, 4.69) is 5.32 Å². The van der Waals surface area contributed by atoms with E-state index in [4.69, 9.17) is 4.74 Å². The van der Waals surface area contributed by atoms with Gasteiger partial charge in [0.1, 0.15) is 0 Å². The van der Waals surface area contributed by atoms with Gasteiger partial charge in [-0.25, -0.2) is 0 Å². The summed E-state index contributed by atoms with van der Waals surface area (Å²) in [6, 6.07) is 5.53. The summed E-state index contributed by atoms with van der Waals surface area (Å²) in [6.07, 6.45) is 0.0538. The summed E-state index contributed by atoms with van der Waals surface area (Å²) in [7, 11) is 0. The van der Waals surface area contributed by atoms with E-state index >= 15 is 0 Å². The lowest BCUT2D eigenvalue weighted by Gasteiger charge is -2.31. The van der Waals surface area contributed by atoms with Crippen molar-refractivity contribution in [3.63, 3.8) is 0 Å². The zero-order chi connectivity index (χ0) is 15.4. The van der Waals surface area contributed by atoms with Crippen molar-refractivity contribution in [3.05, 3.63) is 34.9 Å². The van der Waals surface area contributed by atoms with Crippen LogP contribution in [0.5, 0.6) is 0 Å². The van der Waals surface area contributed by atoms with Crippen LogP contribution in [0.1, 0.15) is 28.4 Å². The van der Waals surface area contributed by atoms with Gasteiger partial charge in [-0.2, -0.15) is 0 Å². The molecule has 1 fully saturated rings. The summed E-state index contributed by atoms with van der Waals surface area (Å²) in [5.74, 6) is -0.282. The number of rotatable bonds is 3. The Morgan fingerprint density at radius 1 is 1.33 bits per heavy atom. The minimum atomic E-state index is -0.215. The standard InChI is InChI=1S/C16H22N2O3/c1-11-4-5-14(8-12(11)2)16(20)17-9-15(19)18-6-7-21-13(3)10-18/h4-5,8,13H,6-7,9-10H2,1-3H3,(H,17,20)/t13-/m0/s1. The molecule has 0 spiro atoms. The van der Waals surface area contributed by atoms with Gasteiger partial charge in [0.2, 0.25) is 5.91 Å². The van der Waals surface area contributed by atoms with Crippen LogP contribution in [-0.2, 0) is 9.53 Å². The first-order chi connectivity index (χ1) is 9.97. The molecule has 0 saturated carbocycles. The Morgan fingerprint density at radius 3 is 2.76 bits per heavy atom. The van der Waals surface area contributed by atoms with Crippen LogP contribution >= 0.6 is 0 Å². The van der Waals surface area contributed by atoms with E-state index in [9.17, 15) is 9.59 Å². The first-order valence-corrected chi connectivity index (χ1v) is 7.22. The second kappa shape index (κ2) is 6.72. The fourth-order valence-corrected chi connectivity index (χ4v) is 2.30. The molecule has 1 aliphatic heterocycles. The third-order valence-corrected chi connectivity index (χ3v) is 3.76. The van der Waals surface area contributed by atoms with Crippen LogP contribution in [-0.4, -0.2) is 49.1 Å². The van der Waals surface area contributed by atoms with E-state index < -0.39 is 0 Å². The van der Waals surface area contributed by atoms with Gasteiger partial charge in [0.25, 0.3) is 5.91 Å². The minimum absolute atomic E-state index is 0.0263. The number of aryl methyl sites for hydroxylation is 2. The number of hydrogen-bond donors (Lipinski definition) is 1. The lowest BCUT2D eigenvalue weighted by atomic mass is 10.1. The highest BCUT2D eigenvalue weighted by molar-refractivity contribution is 5.96. The second-order valence-electron chi connectivity index (χ2n) is 5.50. The van der Waals surface area contributed by atoms with E-state index in [0.29, 0.717) is 25.3 Å². The van der Waals surface area contributed by atoms with Gasteiger partial charge in [0.05, 0.1) is 19.3 Å². The van der Waals surface area contributed by atoms with Crippen molar-refractivity contribution in [2.45, 2.75) is 26.9 Å². The average Bonchev–Trinajstić information content (AvgIpc) is 2.47. The van der Waals surface area contributed by atoms with Gasteiger partial charge in [0, 0.05) is 18.7 Å². The number of morpholine rings is 1. The van der Waals surface area contributed by atoms with Crippen molar-refractivity contribution in [1.29, 1.82) is 0 Å². The SMILES string of the molecule is Cc1ccc(C(=O)NCC(=O)N2CCO[C@@H](C)C2)cc1C. The fraction of sp³-hybridized carbons (Fsp3) is 0.500. The topological polar surface area (TPSA) is 58.6 Å². The number of hydrogen-bond acceptors (Lipinski definition) is 3. The third kappa shape index (κ3) is 4.04. The molecule has 0 radical (unpaired) electrons. The molecule has 0 aromatic heterocycles. The molecule has 1 aromatic rings. The van der Waals surface area contributed by atoms with Gasteiger partial charge in [-0.1, -0.05) is 6.07 Å². The highest BCUT2D eigenvalue weighted by Crippen LogP contribution is 2.09. The van der Waals surface area contributed by atoms with Crippen LogP contribution in [0.3, 0.4) is 0 Å². The smallest absolute Gasteiger partial charge is 0.251 e. The fourth-order valence-electron chi connectivity index (χ4n) is 2.30. The lowest BCUT2D eigenvalue weighted by molar-refractivity contribution is -0.137. The summed E-state index contributed by atoms with van der Waals surface area (Å²) in [5.41, 5.74) is 2.79.